The van der Waals surface area contributed by atoms with Crippen molar-refractivity contribution in [1.82, 2.24) is 14.7 Å². The molecule has 20 heavy (non-hydrogen) atoms. The second-order valence-electron chi connectivity index (χ2n) is 4.76. The van der Waals surface area contributed by atoms with Gasteiger partial charge in [0, 0.05) is 25.2 Å². The van der Waals surface area contributed by atoms with E-state index in [1.807, 2.05) is 6.92 Å². The number of rotatable bonds is 8. The van der Waals surface area contributed by atoms with Crippen LogP contribution in [0.15, 0.2) is 6.33 Å². The van der Waals surface area contributed by atoms with E-state index in [1.165, 1.54) is 6.33 Å². The molecule has 0 fully saturated rings. The molecule has 0 amide bonds. The highest BCUT2D eigenvalue weighted by molar-refractivity contribution is 7.88. The van der Waals surface area contributed by atoms with Gasteiger partial charge in [-0.15, -0.1) is 0 Å². The van der Waals surface area contributed by atoms with E-state index in [1.54, 1.807) is 0 Å². The third kappa shape index (κ3) is 5.30. The Bertz CT molecular complexity index is 531. The van der Waals surface area contributed by atoms with Gasteiger partial charge < -0.3 is 10.6 Å². The molecule has 0 unspecified atom stereocenters. The first-order valence-electron chi connectivity index (χ1n) is 6.62. The molecule has 0 radical (unpaired) electrons. The van der Waals surface area contributed by atoms with Gasteiger partial charge in [0.15, 0.2) is 0 Å². The highest BCUT2D eigenvalue weighted by atomic mass is 32.2. The number of hydrogen-bond acceptors (Lipinski definition) is 6. The maximum absolute atomic E-state index is 11.0. The fraction of sp³-hybridized carbons (Fsp3) is 0.667. The number of sulfonamides is 1. The van der Waals surface area contributed by atoms with Crippen molar-refractivity contribution < 1.29 is 8.42 Å². The largest absolute Gasteiger partial charge is 0.370 e. The van der Waals surface area contributed by atoms with Crippen LogP contribution in [0.3, 0.4) is 0 Å². The second kappa shape index (κ2) is 7.39. The van der Waals surface area contributed by atoms with E-state index in [4.69, 9.17) is 0 Å². The Kier molecular flexibility index (Phi) is 6.15. The first kappa shape index (κ1) is 16.6. The summed E-state index contributed by atoms with van der Waals surface area (Å²) in [7, 11) is -3.16. The molecule has 0 aliphatic rings. The van der Waals surface area contributed by atoms with Crippen LogP contribution in [0, 0.1) is 0 Å². The number of nitrogens with zero attached hydrogens (tertiary/aromatic N) is 2. The van der Waals surface area contributed by atoms with E-state index in [9.17, 15) is 8.42 Å². The fourth-order valence-electron chi connectivity index (χ4n) is 1.81. The van der Waals surface area contributed by atoms with E-state index >= 15 is 0 Å². The molecular weight excluding hydrogens is 278 g/mol. The van der Waals surface area contributed by atoms with Crippen LogP contribution in [0.5, 0.6) is 0 Å². The standard InChI is InChI=1S/C12H23N5O2S/c1-5-13-11-10(9(2)3)12(16-8-15-11)14-6-7-17-20(4,18)19/h8-9,17H,5-7H2,1-4H3,(H2,13,14,15,16). The molecule has 8 heteroatoms. The van der Waals surface area contributed by atoms with Crippen molar-refractivity contribution in [2.45, 2.75) is 26.7 Å². The maximum atomic E-state index is 11.0. The minimum absolute atomic E-state index is 0.260. The minimum atomic E-state index is -3.16. The smallest absolute Gasteiger partial charge is 0.208 e. The summed E-state index contributed by atoms with van der Waals surface area (Å²) < 4.78 is 24.4. The van der Waals surface area contributed by atoms with E-state index in [-0.39, 0.29) is 5.92 Å². The van der Waals surface area contributed by atoms with Gasteiger partial charge in [-0.2, -0.15) is 0 Å². The first-order chi connectivity index (χ1) is 9.35. The molecule has 0 saturated carbocycles. The SMILES string of the molecule is CCNc1ncnc(NCCNS(C)(=O)=O)c1C(C)C. The molecule has 0 bridgehead atoms. The van der Waals surface area contributed by atoms with Crippen molar-refractivity contribution in [3.8, 4) is 0 Å². The number of anilines is 2. The zero-order valence-corrected chi connectivity index (χ0v) is 13.2. The molecule has 0 saturated heterocycles. The molecule has 0 aliphatic heterocycles. The maximum Gasteiger partial charge on any atom is 0.208 e. The van der Waals surface area contributed by atoms with Crippen LogP contribution in [0.2, 0.25) is 0 Å². The average Bonchev–Trinajstić information content (AvgIpc) is 2.33. The van der Waals surface area contributed by atoms with Crippen LogP contribution < -0.4 is 15.4 Å². The molecule has 7 nitrogen and oxygen atoms in total. The minimum Gasteiger partial charge on any atom is -0.370 e. The third-order valence-electron chi connectivity index (χ3n) is 2.59. The molecule has 0 aromatic carbocycles. The van der Waals surface area contributed by atoms with Crippen LogP contribution in [0.1, 0.15) is 32.3 Å². The van der Waals surface area contributed by atoms with E-state index < -0.39 is 10.0 Å². The first-order valence-corrected chi connectivity index (χ1v) is 8.51. The van der Waals surface area contributed by atoms with Crippen molar-refractivity contribution >= 4 is 21.7 Å². The molecule has 1 heterocycles. The molecule has 0 spiro atoms. The van der Waals surface area contributed by atoms with Gasteiger partial charge in [0.1, 0.15) is 18.0 Å². The van der Waals surface area contributed by atoms with Gasteiger partial charge >= 0.3 is 0 Å². The Balaban J connectivity index is 2.76. The predicted octanol–water partition coefficient (Wildman–Crippen LogP) is 0.993. The summed E-state index contributed by atoms with van der Waals surface area (Å²) in [5.74, 6) is 1.81. The van der Waals surface area contributed by atoms with Gasteiger partial charge in [0.25, 0.3) is 0 Å². The Morgan fingerprint density at radius 3 is 2.25 bits per heavy atom. The van der Waals surface area contributed by atoms with Crippen molar-refractivity contribution in [1.29, 1.82) is 0 Å². The number of hydrogen-bond donors (Lipinski definition) is 3. The predicted molar refractivity (Wildman–Crippen MR) is 81.6 cm³/mol. The van der Waals surface area contributed by atoms with Gasteiger partial charge in [-0.25, -0.2) is 23.1 Å². The van der Waals surface area contributed by atoms with Gasteiger partial charge in [-0.05, 0) is 12.8 Å². The molecule has 1 aromatic rings. The third-order valence-corrected chi connectivity index (χ3v) is 3.32. The normalized spacial score (nSPS) is 11.7. The van der Waals surface area contributed by atoms with Crippen molar-refractivity contribution in [3.63, 3.8) is 0 Å². The zero-order chi connectivity index (χ0) is 15.2. The Hall–Kier alpha value is -1.41. The monoisotopic (exact) mass is 301 g/mol. The lowest BCUT2D eigenvalue weighted by Crippen LogP contribution is -2.28. The van der Waals surface area contributed by atoms with Crippen LogP contribution in [-0.4, -0.2) is 44.3 Å². The van der Waals surface area contributed by atoms with E-state index in [2.05, 4.69) is 39.2 Å². The molecule has 0 aliphatic carbocycles. The van der Waals surface area contributed by atoms with Crippen molar-refractivity contribution in [2.24, 2.45) is 0 Å². The summed E-state index contributed by atoms with van der Waals surface area (Å²) in [5, 5.41) is 6.36. The summed E-state index contributed by atoms with van der Waals surface area (Å²) in [4.78, 5) is 8.48. The van der Waals surface area contributed by atoms with Crippen LogP contribution in [0.4, 0.5) is 11.6 Å². The molecular formula is C12H23N5O2S. The summed E-state index contributed by atoms with van der Waals surface area (Å²) >= 11 is 0. The lowest BCUT2D eigenvalue weighted by molar-refractivity contribution is 0.589. The lowest BCUT2D eigenvalue weighted by atomic mass is 10.0. The van der Waals surface area contributed by atoms with Gasteiger partial charge in [0.2, 0.25) is 10.0 Å². The molecule has 0 atom stereocenters. The summed E-state index contributed by atoms with van der Waals surface area (Å²) in [6.07, 6.45) is 2.64. The van der Waals surface area contributed by atoms with Crippen LogP contribution in [-0.2, 0) is 10.0 Å². The summed E-state index contributed by atoms with van der Waals surface area (Å²) in [5.41, 5.74) is 1.01. The van der Waals surface area contributed by atoms with Crippen molar-refractivity contribution in [3.05, 3.63) is 11.9 Å². The Morgan fingerprint density at radius 1 is 1.15 bits per heavy atom. The Morgan fingerprint density at radius 2 is 1.75 bits per heavy atom. The van der Waals surface area contributed by atoms with Crippen LogP contribution >= 0.6 is 0 Å². The molecule has 1 aromatic heterocycles. The lowest BCUT2D eigenvalue weighted by Gasteiger charge is -2.17. The van der Waals surface area contributed by atoms with E-state index in [0.717, 1.165) is 30.0 Å². The van der Waals surface area contributed by atoms with Crippen molar-refractivity contribution in [2.75, 3.05) is 36.5 Å². The van der Waals surface area contributed by atoms with Crippen LogP contribution in [0.25, 0.3) is 0 Å². The summed E-state index contributed by atoms with van der Waals surface area (Å²) in [6, 6.07) is 0. The average molecular weight is 301 g/mol. The van der Waals surface area contributed by atoms with Gasteiger partial charge in [0.05, 0.1) is 6.26 Å². The van der Waals surface area contributed by atoms with E-state index in [0.29, 0.717) is 13.1 Å². The zero-order valence-electron chi connectivity index (χ0n) is 12.4. The molecule has 114 valence electrons. The van der Waals surface area contributed by atoms with Gasteiger partial charge in [-0.1, -0.05) is 13.8 Å². The quantitative estimate of drug-likeness (QED) is 0.620. The molecule has 1 rings (SSSR count). The molecule has 3 N–H and O–H groups in total. The highest BCUT2D eigenvalue weighted by Gasteiger charge is 2.14. The number of aromatic nitrogens is 2. The van der Waals surface area contributed by atoms with Gasteiger partial charge in [-0.3, -0.25) is 0 Å². The summed E-state index contributed by atoms with van der Waals surface area (Å²) in [6.45, 7) is 7.71. The topological polar surface area (TPSA) is 96.0 Å². The fourth-order valence-corrected chi connectivity index (χ4v) is 2.28. The second-order valence-corrected chi connectivity index (χ2v) is 6.60. The highest BCUT2D eigenvalue weighted by Crippen LogP contribution is 2.27. The Labute approximate surface area is 120 Å². The number of nitrogens with one attached hydrogen (secondary N) is 3.